The maximum atomic E-state index is 12.8. The van der Waals surface area contributed by atoms with Crippen molar-refractivity contribution < 1.29 is 27.4 Å². The van der Waals surface area contributed by atoms with Crippen molar-refractivity contribution in [1.29, 1.82) is 0 Å². The zero-order valence-electron chi connectivity index (χ0n) is 18.9. The number of ether oxygens (including phenoxy) is 3. The highest BCUT2D eigenvalue weighted by Gasteiger charge is 2.20. The Morgan fingerprint density at radius 3 is 2.18 bits per heavy atom. The lowest BCUT2D eigenvalue weighted by atomic mass is 10.2. The predicted octanol–water partition coefficient (Wildman–Crippen LogP) is 4.95. The number of nitrogens with one attached hydrogen (secondary N) is 2. The lowest BCUT2D eigenvalue weighted by Gasteiger charge is -2.17. The van der Waals surface area contributed by atoms with Gasteiger partial charge in [0.05, 0.1) is 24.8 Å². The molecule has 0 heterocycles. The van der Waals surface area contributed by atoms with Crippen LogP contribution in [0.15, 0.2) is 71.6 Å². The molecule has 0 aliphatic carbocycles. The van der Waals surface area contributed by atoms with Crippen LogP contribution in [0.25, 0.3) is 0 Å². The maximum absolute atomic E-state index is 12.8. The normalized spacial score (nSPS) is 11.9. The van der Waals surface area contributed by atoms with Crippen molar-refractivity contribution in [2.24, 2.45) is 0 Å². The van der Waals surface area contributed by atoms with E-state index in [2.05, 4.69) is 10.0 Å². The second kappa shape index (κ2) is 11.1. The molecule has 0 radical (unpaired) electrons. The number of sulfonamides is 1. The van der Waals surface area contributed by atoms with Crippen LogP contribution in [0.5, 0.6) is 17.2 Å². The zero-order chi connectivity index (χ0) is 24.7. The third kappa shape index (κ3) is 6.33. The summed E-state index contributed by atoms with van der Waals surface area (Å²) in [6.07, 6.45) is -0.289. The number of carbonyl (C=O) groups is 1. The van der Waals surface area contributed by atoms with Crippen LogP contribution in [0.1, 0.15) is 13.3 Å². The minimum absolute atomic E-state index is 0.0211. The van der Waals surface area contributed by atoms with Crippen LogP contribution in [0.2, 0.25) is 5.02 Å². The molecule has 0 fully saturated rings. The SMILES string of the molecule is CC[C@@H](Oc1ccc(Cl)cc1)C(=O)Nc1ccc(S(=O)(=O)Nc2ccc(OC)cc2OC)cc1. The molecule has 8 nitrogen and oxygen atoms in total. The van der Waals surface area contributed by atoms with E-state index in [1.54, 1.807) is 42.5 Å². The second-order valence-electron chi connectivity index (χ2n) is 7.15. The van der Waals surface area contributed by atoms with Crippen molar-refractivity contribution in [1.82, 2.24) is 0 Å². The van der Waals surface area contributed by atoms with Gasteiger partial charge in [0.25, 0.3) is 15.9 Å². The summed E-state index contributed by atoms with van der Waals surface area (Å²) in [5.74, 6) is 1.02. The summed E-state index contributed by atoms with van der Waals surface area (Å²) in [5.41, 5.74) is 0.704. The molecule has 0 spiro atoms. The number of methoxy groups -OCH3 is 2. The van der Waals surface area contributed by atoms with Crippen LogP contribution in [0.3, 0.4) is 0 Å². The molecular formula is C24H25ClN2O6S. The van der Waals surface area contributed by atoms with Gasteiger partial charge in [0.15, 0.2) is 6.10 Å². The average molecular weight is 505 g/mol. The van der Waals surface area contributed by atoms with Crippen molar-refractivity contribution in [2.45, 2.75) is 24.3 Å². The number of carbonyl (C=O) groups excluding carboxylic acids is 1. The second-order valence-corrected chi connectivity index (χ2v) is 9.27. The topological polar surface area (TPSA) is 103 Å². The van der Waals surface area contributed by atoms with Crippen molar-refractivity contribution in [3.8, 4) is 17.2 Å². The molecule has 3 aromatic rings. The van der Waals surface area contributed by atoms with E-state index in [1.807, 2.05) is 6.92 Å². The Labute approximate surface area is 203 Å². The molecule has 0 aliphatic rings. The number of benzene rings is 3. The lowest BCUT2D eigenvalue weighted by molar-refractivity contribution is -0.122. The molecule has 0 aliphatic heterocycles. The Morgan fingerprint density at radius 1 is 0.941 bits per heavy atom. The Balaban J connectivity index is 1.68. The highest BCUT2D eigenvalue weighted by molar-refractivity contribution is 7.92. The number of rotatable bonds is 10. The van der Waals surface area contributed by atoms with Gasteiger partial charge in [-0.25, -0.2) is 8.42 Å². The van der Waals surface area contributed by atoms with E-state index >= 15 is 0 Å². The van der Waals surface area contributed by atoms with E-state index in [9.17, 15) is 13.2 Å². The number of anilines is 2. The first kappa shape index (κ1) is 25.2. The van der Waals surface area contributed by atoms with Crippen LogP contribution in [0.4, 0.5) is 11.4 Å². The summed E-state index contributed by atoms with van der Waals surface area (Å²) >= 11 is 5.88. The Bertz CT molecular complexity index is 1230. The standard InChI is InChI=1S/C24H25ClN2O6S/c1-4-22(33-18-9-5-16(25)6-10-18)24(28)26-17-7-12-20(13-8-17)34(29,30)27-21-14-11-19(31-2)15-23(21)32-3/h5-15,22,27H,4H2,1-3H3,(H,26,28)/t22-/m1/s1. The van der Waals surface area contributed by atoms with Crippen molar-refractivity contribution in [3.05, 3.63) is 71.8 Å². The molecule has 3 rings (SSSR count). The fraction of sp³-hybridized carbons (Fsp3) is 0.208. The summed E-state index contributed by atoms with van der Waals surface area (Å²) in [7, 11) is -0.955. The van der Waals surface area contributed by atoms with E-state index in [4.69, 9.17) is 25.8 Å². The average Bonchev–Trinajstić information content (AvgIpc) is 2.84. The van der Waals surface area contributed by atoms with Gasteiger partial charge in [-0.2, -0.15) is 0 Å². The first-order valence-electron chi connectivity index (χ1n) is 10.3. The molecule has 0 bridgehead atoms. The van der Waals surface area contributed by atoms with Gasteiger partial charge in [-0.3, -0.25) is 9.52 Å². The van der Waals surface area contributed by atoms with Crippen molar-refractivity contribution in [2.75, 3.05) is 24.3 Å². The van der Waals surface area contributed by atoms with Gasteiger partial charge in [-0.15, -0.1) is 0 Å². The molecule has 0 saturated carbocycles. The third-order valence-corrected chi connectivity index (χ3v) is 6.47. The molecule has 2 N–H and O–H groups in total. The highest BCUT2D eigenvalue weighted by Crippen LogP contribution is 2.31. The van der Waals surface area contributed by atoms with E-state index in [0.717, 1.165) is 0 Å². The van der Waals surface area contributed by atoms with E-state index in [-0.39, 0.29) is 16.5 Å². The Kier molecular flexibility index (Phi) is 8.25. The largest absolute Gasteiger partial charge is 0.497 e. The molecule has 0 saturated heterocycles. The summed E-state index contributed by atoms with van der Waals surface area (Å²) in [6, 6.07) is 17.3. The Morgan fingerprint density at radius 2 is 1.59 bits per heavy atom. The molecule has 1 amide bonds. The molecule has 180 valence electrons. The maximum Gasteiger partial charge on any atom is 0.265 e. The van der Waals surface area contributed by atoms with E-state index in [0.29, 0.717) is 34.4 Å². The van der Waals surface area contributed by atoms with Gasteiger partial charge >= 0.3 is 0 Å². The Hall–Kier alpha value is -3.43. The minimum atomic E-state index is -3.89. The molecule has 10 heteroatoms. The molecule has 0 aromatic heterocycles. The summed E-state index contributed by atoms with van der Waals surface area (Å²) in [4.78, 5) is 12.7. The van der Waals surface area contributed by atoms with Crippen LogP contribution in [0, 0.1) is 0 Å². The van der Waals surface area contributed by atoms with Crippen LogP contribution in [-0.4, -0.2) is 34.6 Å². The van der Waals surface area contributed by atoms with Gasteiger partial charge in [0, 0.05) is 16.8 Å². The molecular weight excluding hydrogens is 480 g/mol. The summed E-state index contributed by atoms with van der Waals surface area (Å²) in [6.45, 7) is 1.83. The van der Waals surface area contributed by atoms with Crippen LogP contribution in [-0.2, 0) is 14.8 Å². The van der Waals surface area contributed by atoms with Gasteiger partial charge < -0.3 is 19.5 Å². The summed E-state index contributed by atoms with van der Waals surface area (Å²) < 4.78 is 44.3. The molecule has 3 aromatic carbocycles. The van der Waals surface area contributed by atoms with Crippen molar-refractivity contribution in [3.63, 3.8) is 0 Å². The van der Waals surface area contributed by atoms with Gasteiger partial charge in [0.2, 0.25) is 0 Å². The molecule has 0 unspecified atom stereocenters. The predicted molar refractivity (Wildman–Crippen MR) is 132 cm³/mol. The quantitative estimate of drug-likeness (QED) is 0.405. The fourth-order valence-corrected chi connectivity index (χ4v) is 4.22. The first-order valence-corrected chi connectivity index (χ1v) is 12.2. The van der Waals surface area contributed by atoms with E-state index < -0.39 is 16.1 Å². The van der Waals surface area contributed by atoms with Gasteiger partial charge in [-0.05, 0) is 67.1 Å². The monoisotopic (exact) mass is 504 g/mol. The third-order valence-electron chi connectivity index (χ3n) is 4.84. The number of hydrogen-bond donors (Lipinski definition) is 2. The van der Waals surface area contributed by atoms with Gasteiger partial charge in [0.1, 0.15) is 17.2 Å². The summed E-state index contributed by atoms with van der Waals surface area (Å²) in [5, 5.41) is 3.31. The molecule has 34 heavy (non-hydrogen) atoms. The number of hydrogen-bond acceptors (Lipinski definition) is 6. The number of amides is 1. The lowest BCUT2D eigenvalue weighted by Crippen LogP contribution is -2.32. The van der Waals surface area contributed by atoms with Gasteiger partial charge in [-0.1, -0.05) is 18.5 Å². The zero-order valence-corrected chi connectivity index (χ0v) is 20.4. The fourth-order valence-electron chi connectivity index (χ4n) is 3.03. The van der Waals surface area contributed by atoms with Crippen LogP contribution < -0.4 is 24.2 Å². The first-order chi connectivity index (χ1) is 16.2. The molecule has 1 atom stereocenters. The minimum Gasteiger partial charge on any atom is -0.497 e. The smallest absolute Gasteiger partial charge is 0.265 e. The van der Waals surface area contributed by atoms with Crippen molar-refractivity contribution >= 4 is 38.9 Å². The number of halogens is 1. The van der Waals surface area contributed by atoms with E-state index in [1.165, 1.54) is 38.5 Å². The highest BCUT2D eigenvalue weighted by atomic mass is 35.5. The van der Waals surface area contributed by atoms with Crippen LogP contribution >= 0.6 is 11.6 Å².